The van der Waals surface area contributed by atoms with E-state index >= 15 is 0 Å². The van der Waals surface area contributed by atoms with Gasteiger partial charge in [-0.3, -0.25) is 0 Å². The van der Waals surface area contributed by atoms with E-state index in [0.29, 0.717) is 38.1 Å². The first kappa shape index (κ1) is 21.0. The van der Waals surface area contributed by atoms with Crippen LogP contribution in [0.4, 0.5) is 0 Å². The van der Waals surface area contributed by atoms with Gasteiger partial charge in [0, 0.05) is 31.2 Å². The van der Waals surface area contributed by atoms with E-state index in [0.717, 1.165) is 34.8 Å². The average Bonchev–Trinajstić information content (AvgIpc) is 3.48. The number of aromatic nitrogens is 7. The smallest absolute Gasteiger partial charge is 0.204 e. The van der Waals surface area contributed by atoms with Gasteiger partial charge in [-0.25, -0.2) is 9.67 Å². The van der Waals surface area contributed by atoms with E-state index in [4.69, 9.17) is 12.8 Å². The molecule has 0 aliphatic heterocycles. The third-order valence-corrected chi connectivity index (χ3v) is 5.13. The molecule has 7 heteroatoms. The molecule has 0 saturated heterocycles. The second-order valence-electron chi connectivity index (χ2n) is 7.40. The van der Waals surface area contributed by atoms with Crippen LogP contribution < -0.4 is 0 Å². The number of H-pyrrole nitrogens is 1. The lowest BCUT2D eigenvalue weighted by atomic mass is 9.98. The molecule has 7 nitrogen and oxygen atoms in total. The van der Waals surface area contributed by atoms with Gasteiger partial charge in [-0.2, -0.15) is 10.3 Å². The van der Waals surface area contributed by atoms with Crippen molar-refractivity contribution in [2.75, 3.05) is 0 Å². The van der Waals surface area contributed by atoms with Crippen LogP contribution in [0.1, 0.15) is 41.2 Å². The summed E-state index contributed by atoms with van der Waals surface area (Å²) in [6.07, 6.45) is 14.2. The number of hydrogen-bond donors (Lipinski definition) is 1. The van der Waals surface area contributed by atoms with Crippen LogP contribution in [-0.2, 0) is 25.8 Å². The van der Waals surface area contributed by atoms with Gasteiger partial charge in [0.25, 0.3) is 0 Å². The molecule has 0 unspecified atom stereocenters. The number of aromatic amines is 1. The normalized spacial score (nSPS) is 10.6. The van der Waals surface area contributed by atoms with E-state index in [1.54, 1.807) is 0 Å². The van der Waals surface area contributed by atoms with Crippen LogP contribution in [0, 0.1) is 24.7 Å². The SMILES string of the molecule is C#CCCc1nc(CCC#C)n(Cc2ccc(Cc3ccccc3-c3nn[nH]n3)cc2)n1. The molecular weight excluding hydrogens is 398 g/mol. The zero-order chi connectivity index (χ0) is 22.2. The molecule has 0 radical (unpaired) electrons. The lowest BCUT2D eigenvalue weighted by molar-refractivity contribution is 0.630. The summed E-state index contributed by atoms with van der Waals surface area (Å²) in [6.45, 7) is 0.642. The zero-order valence-electron chi connectivity index (χ0n) is 17.7. The number of terminal acetylenes is 2. The highest BCUT2D eigenvalue weighted by molar-refractivity contribution is 5.60. The Morgan fingerprint density at radius 1 is 0.906 bits per heavy atom. The lowest BCUT2D eigenvalue weighted by Crippen LogP contribution is -2.07. The first-order valence-electron chi connectivity index (χ1n) is 10.5. The fourth-order valence-corrected chi connectivity index (χ4v) is 3.54. The van der Waals surface area contributed by atoms with Crippen molar-refractivity contribution in [2.45, 2.75) is 38.6 Å². The molecule has 0 bridgehead atoms. The van der Waals surface area contributed by atoms with Gasteiger partial charge in [0.05, 0.1) is 6.54 Å². The first-order valence-corrected chi connectivity index (χ1v) is 10.5. The summed E-state index contributed by atoms with van der Waals surface area (Å²) in [4.78, 5) is 4.63. The molecule has 158 valence electrons. The molecule has 0 fully saturated rings. The molecule has 2 heterocycles. The maximum Gasteiger partial charge on any atom is 0.204 e. The number of rotatable bonds is 9. The fourth-order valence-electron chi connectivity index (χ4n) is 3.54. The second-order valence-corrected chi connectivity index (χ2v) is 7.40. The maximum atomic E-state index is 5.44. The first-order chi connectivity index (χ1) is 15.8. The van der Waals surface area contributed by atoms with Crippen LogP contribution in [0.5, 0.6) is 0 Å². The third-order valence-electron chi connectivity index (χ3n) is 5.13. The predicted molar refractivity (Wildman–Crippen MR) is 122 cm³/mol. The van der Waals surface area contributed by atoms with Gasteiger partial charge in [-0.05, 0) is 28.3 Å². The largest absolute Gasteiger partial charge is 0.245 e. The summed E-state index contributed by atoms with van der Waals surface area (Å²) in [5.41, 5.74) is 4.47. The minimum atomic E-state index is 0.601. The van der Waals surface area contributed by atoms with Crippen LogP contribution in [0.2, 0.25) is 0 Å². The van der Waals surface area contributed by atoms with Crippen molar-refractivity contribution in [3.63, 3.8) is 0 Å². The maximum absolute atomic E-state index is 5.44. The molecule has 0 amide bonds. The molecule has 0 saturated carbocycles. The van der Waals surface area contributed by atoms with Gasteiger partial charge in [-0.15, -0.1) is 34.9 Å². The van der Waals surface area contributed by atoms with Crippen molar-refractivity contribution in [1.82, 2.24) is 35.4 Å². The molecule has 0 spiro atoms. The topological polar surface area (TPSA) is 85.2 Å². The molecule has 2 aromatic heterocycles. The van der Waals surface area contributed by atoms with Crippen molar-refractivity contribution >= 4 is 0 Å². The molecule has 0 aliphatic carbocycles. The monoisotopic (exact) mass is 421 g/mol. The van der Waals surface area contributed by atoms with Crippen molar-refractivity contribution < 1.29 is 0 Å². The van der Waals surface area contributed by atoms with Gasteiger partial charge in [-0.1, -0.05) is 48.5 Å². The molecule has 4 aromatic rings. The van der Waals surface area contributed by atoms with Crippen LogP contribution in [0.3, 0.4) is 0 Å². The number of nitrogens with zero attached hydrogens (tertiary/aromatic N) is 6. The Hall–Kier alpha value is -4.23. The van der Waals surface area contributed by atoms with Gasteiger partial charge >= 0.3 is 0 Å². The molecule has 1 N–H and O–H groups in total. The van der Waals surface area contributed by atoms with Gasteiger partial charge in [0.2, 0.25) is 5.82 Å². The Morgan fingerprint density at radius 2 is 1.66 bits per heavy atom. The lowest BCUT2D eigenvalue weighted by Gasteiger charge is -2.09. The van der Waals surface area contributed by atoms with Crippen molar-refractivity contribution in [2.24, 2.45) is 0 Å². The minimum Gasteiger partial charge on any atom is -0.245 e. The molecule has 4 rings (SSSR count). The summed E-state index contributed by atoms with van der Waals surface area (Å²) in [5.74, 6) is 7.58. The van der Waals surface area contributed by atoms with E-state index in [1.807, 2.05) is 22.9 Å². The van der Waals surface area contributed by atoms with Crippen molar-refractivity contribution in [1.29, 1.82) is 0 Å². The Labute approximate surface area is 187 Å². The molecule has 0 atom stereocenters. The highest BCUT2D eigenvalue weighted by atomic mass is 15.5. The Morgan fingerprint density at radius 3 is 2.41 bits per heavy atom. The average molecular weight is 422 g/mol. The van der Waals surface area contributed by atoms with E-state index < -0.39 is 0 Å². The number of aryl methyl sites for hydroxylation is 2. The van der Waals surface area contributed by atoms with Gasteiger partial charge in [0.15, 0.2) is 5.82 Å². The van der Waals surface area contributed by atoms with Crippen molar-refractivity contribution in [3.8, 4) is 36.1 Å². The summed E-state index contributed by atoms with van der Waals surface area (Å²) < 4.78 is 1.93. The summed E-state index contributed by atoms with van der Waals surface area (Å²) >= 11 is 0. The summed E-state index contributed by atoms with van der Waals surface area (Å²) in [5, 5.41) is 19.1. The highest BCUT2D eigenvalue weighted by Gasteiger charge is 2.11. The van der Waals surface area contributed by atoms with Crippen molar-refractivity contribution in [3.05, 3.63) is 76.9 Å². The van der Waals surface area contributed by atoms with Gasteiger partial charge < -0.3 is 0 Å². The summed E-state index contributed by atoms with van der Waals surface area (Å²) in [6, 6.07) is 16.6. The van der Waals surface area contributed by atoms with E-state index in [9.17, 15) is 0 Å². The predicted octanol–water partition coefficient (Wildman–Crippen LogP) is 3.23. The molecular formula is C25H23N7. The van der Waals surface area contributed by atoms with Crippen LogP contribution in [-0.4, -0.2) is 35.4 Å². The number of hydrogen-bond acceptors (Lipinski definition) is 5. The minimum absolute atomic E-state index is 0.601. The Balaban J connectivity index is 1.49. The molecule has 0 aliphatic rings. The third kappa shape index (κ3) is 5.08. The van der Waals surface area contributed by atoms with E-state index in [2.05, 4.69) is 72.9 Å². The second kappa shape index (κ2) is 10.2. The molecule has 32 heavy (non-hydrogen) atoms. The summed E-state index contributed by atoms with van der Waals surface area (Å²) in [7, 11) is 0. The number of benzene rings is 2. The van der Waals surface area contributed by atoms with Gasteiger partial charge in [0.1, 0.15) is 5.82 Å². The standard InChI is InChI=1S/C25H23N7/c1-3-5-11-23-26-24(12-6-4-2)32(29-23)18-20-15-13-19(14-16-20)17-21-9-7-8-10-22(21)25-27-30-31-28-25/h1-2,7-10,13-16H,5-6,11-12,17-18H2,(H,27,28,30,31). The Bertz CT molecular complexity index is 1240. The number of tetrazole rings is 1. The van der Waals surface area contributed by atoms with Crippen LogP contribution in [0.25, 0.3) is 11.4 Å². The van der Waals surface area contributed by atoms with Crippen LogP contribution in [0.15, 0.2) is 48.5 Å². The number of nitrogens with one attached hydrogen (secondary N) is 1. The fraction of sp³-hybridized carbons (Fsp3) is 0.240. The van der Waals surface area contributed by atoms with E-state index in [1.165, 1.54) is 5.56 Å². The Kier molecular flexibility index (Phi) is 6.69. The highest BCUT2D eigenvalue weighted by Crippen LogP contribution is 2.22. The zero-order valence-corrected chi connectivity index (χ0v) is 17.7. The van der Waals surface area contributed by atoms with Crippen LogP contribution >= 0.6 is 0 Å². The van der Waals surface area contributed by atoms with E-state index in [-0.39, 0.29) is 0 Å². The quantitative estimate of drug-likeness (QED) is 0.420. The molecule has 2 aromatic carbocycles.